The highest BCUT2D eigenvalue weighted by Crippen LogP contribution is 2.16. The first kappa shape index (κ1) is 27.9. The highest BCUT2D eigenvalue weighted by atomic mass is 32.2. The number of nitrogen functional groups attached to an aromatic ring is 1. The molecule has 1 unspecified atom stereocenters. The molecule has 182 valence electrons. The van der Waals surface area contributed by atoms with Gasteiger partial charge in [0.05, 0.1) is 31.4 Å². The summed E-state index contributed by atoms with van der Waals surface area (Å²) in [5.74, 6) is 1.18. The van der Waals surface area contributed by atoms with Crippen molar-refractivity contribution >= 4 is 21.8 Å². The third kappa shape index (κ3) is 13.1. The molecule has 0 saturated carbocycles. The topological polar surface area (TPSA) is 193 Å². The average molecular weight is 481 g/mol. The summed E-state index contributed by atoms with van der Waals surface area (Å²) in [7, 11) is -3.92. The van der Waals surface area contributed by atoms with Crippen LogP contribution < -0.4 is 20.9 Å². The Kier molecular flexibility index (Phi) is 12.5. The molecule has 0 heterocycles. The van der Waals surface area contributed by atoms with Crippen LogP contribution in [-0.2, 0) is 10.1 Å². The number of rotatable bonds is 13. The summed E-state index contributed by atoms with van der Waals surface area (Å²) in [6.45, 7) is 0.545. The molecule has 2 rings (SSSR count). The summed E-state index contributed by atoms with van der Waals surface area (Å²) in [4.78, 5) is 0. The van der Waals surface area contributed by atoms with Gasteiger partial charge in [-0.3, -0.25) is 15.4 Å². The molecular formula is C22H32N4O6S. The van der Waals surface area contributed by atoms with Crippen LogP contribution in [0, 0.1) is 16.7 Å². The molecule has 0 spiro atoms. The molecule has 8 N–H and O–H groups in total. The Hall–Kier alpha value is -3.15. The first-order chi connectivity index (χ1) is 15.6. The zero-order valence-corrected chi connectivity index (χ0v) is 19.1. The lowest BCUT2D eigenvalue weighted by Crippen LogP contribution is -2.24. The van der Waals surface area contributed by atoms with Gasteiger partial charge in [0.2, 0.25) is 0 Å². The van der Waals surface area contributed by atoms with E-state index in [0.717, 1.165) is 18.6 Å². The van der Waals surface area contributed by atoms with Crippen LogP contribution in [0.15, 0.2) is 54.6 Å². The van der Waals surface area contributed by atoms with Crippen molar-refractivity contribution < 1.29 is 27.6 Å². The number of hydrogen-bond donors (Lipinski definition) is 6. The van der Waals surface area contributed by atoms with E-state index in [9.17, 15) is 8.42 Å². The number of nitrogens with one attached hydrogen (secondary N) is 2. The zero-order chi connectivity index (χ0) is 24.7. The van der Waals surface area contributed by atoms with Crippen molar-refractivity contribution in [3.63, 3.8) is 0 Å². The molecule has 0 aliphatic heterocycles. The SMILES string of the molecule is N=C(N)c1ccc(OCCC(CCCOc2ccccc2)C(=N)N)cc1.O=S(=O)(O)CCO. The minimum absolute atomic E-state index is 0.0223. The maximum absolute atomic E-state index is 9.63. The fraction of sp³-hybridized carbons (Fsp3) is 0.364. The molecule has 0 saturated heterocycles. The van der Waals surface area contributed by atoms with E-state index in [1.165, 1.54) is 0 Å². The van der Waals surface area contributed by atoms with Gasteiger partial charge in [0.25, 0.3) is 10.1 Å². The first-order valence-electron chi connectivity index (χ1n) is 10.3. The van der Waals surface area contributed by atoms with Crippen LogP contribution in [0.2, 0.25) is 0 Å². The Morgan fingerprint density at radius 3 is 1.97 bits per heavy atom. The molecule has 0 amide bonds. The van der Waals surface area contributed by atoms with E-state index < -0.39 is 22.5 Å². The molecule has 0 bridgehead atoms. The monoisotopic (exact) mass is 480 g/mol. The van der Waals surface area contributed by atoms with Crippen LogP contribution >= 0.6 is 0 Å². The van der Waals surface area contributed by atoms with Gasteiger partial charge in [-0.25, -0.2) is 0 Å². The van der Waals surface area contributed by atoms with Gasteiger partial charge < -0.3 is 26.0 Å². The Labute approximate surface area is 194 Å². The third-order valence-electron chi connectivity index (χ3n) is 4.40. The summed E-state index contributed by atoms with van der Waals surface area (Å²) >= 11 is 0. The maximum atomic E-state index is 9.63. The fourth-order valence-electron chi connectivity index (χ4n) is 2.66. The van der Waals surface area contributed by atoms with Gasteiger partial charge >= 0.3 is 0 Å². The number of benzene rings is 2. The van der Waals surface area contributed by atoms with E-state index in [0.29, 0.717) is 30.9 Å². The first-order valence-corrected chi connectivity index (χ1v) is 11.9. The van der Waals surface area contributed by atoms with Crippen molar-refractivity contribution in [2.75, 3.05) is 25.6 Å². The van der Waals surface area contributed by atoms with E-state index in [1.54, 1.807) is 24.3 Å². The van der Waals surface area contributed by atoms with Gasteiger partial charge in [-0.1, -0.05) is 18.2 Å². The largest absolute Gasteiger partial charge is 0.494 e. The minimum Gasteiger partial charge on any atom is -0.494 e. The van der Waals surface area contributed by atoms with Crippen LogP contribution in [0.4, 0.5) is 0 Å². The van der Waals surface area contributed by atoms with Crippen LogP contribution in [0.3, 0.4) is 0 Å². The summed E-state index contributed by atoms with van der Waals surface area (Å²) in [5, 5.41) is 23.0. The summed E-state index contributed by atoms with van der Waals surface area (Å²) in [6.07, 6.45) is 2.29. The van der Waals surface area contributed by atoms with Gasteiger partial charge in [-0.15, -0.1) is 0 Å². The Balaban J connectivity index is 0.000000675. The second kappa shape index (κ2) is 14.8. The van der Waals surface area contributed by atoms with Crippen molar-refractivity contribution in [3.8, 4) is 11.5 Å². The lowest BCUT2D eigenvalue weighted by molar-refractivity contribution is 0.273. The van der Waals surface area contributed by atoms with Gasteiger partial charge in [0.15, 0.2) is 0 Å². The number of para-hydroxylation sites is 1. The molecule has 0 aliphatic carbocycles. The second-order valence-corrected chi connectivity index (χ2v) is 8.61. The van der Waals surface area contributed by atoms with Crippen molar-refractivity contribution in [3.05, 3.63) is 60.2 Å². The average Bonchev–Trinajstić information content (AvgIpc) is 2.76. The quantitative estimate of drug-likeness (QED) is 0.108. The Morgan fingerprint density at radius 2 is 1.48 bits per heavy atom. The molecule has 10 nitrogen and oxygen atoms in total. The fourth-order valence-corrected chi connectivity index (χ4v) is 2.89. The van der Waals surface area contributed by atoms with E-state index >= 15 is 0 Å². The summed E-state index contributed by atoms with van der Waals surface area (Å²) < 4.78 is 38.5. The molecule has 11 heteroatoms. The highest BCUT2D eigenvalue weighted by Gasteiger charge is 2.12. The molecular weight excluding hydrogens is 448 g/mol. The van der Waals surface area contributed by atoms with Gasteiger partial charge in [-0.05, 0) is 55.7 Å². The van der Waals surface area contributed by atoms with Crippen molar-refractivity contribution in [2.45, 2.75) is 19.3 Å². The molecule has 0 radical (unpaired) electrons. The maximum Gasteiger partial charge on any atom is 0.267 e. The highest BCUT2D eigenvalue weighted by molar-refractivity contribution is 7.85. The molecule has 1 atom stereocenters. The van der Waals surface area contributed by atoms with Crippen LogP contribution in [-0.4, -0.2) is 55.3 Å². The standard InChI is InChI=1S/C20H26N4O2.C2H6O4S/c21-19(22)15(5-4-13-25-17-6-2-1-3-7-17)12-14-26-18-10-8-16(9-11-18)20(23)24;3-1-2-7(4,5)6/h1-3,6-11,15H,4-5,12-14H2,(H3,21,22)(H3,23,24);3H,1-2H2,(H,4,5,6). The molecule has 2 aromatic carbocycles. The number of nitrogens with two attached hydrogens (primary N) is 2. The second-order valence-electron chi connectivity index (χ2n) is 7.04. The molecule has 33 heavy (non-hydrogen) atoms. The summed E-state index contributed by atoms with van der Waals surface area (Å²) in [6, 6.07) is 16.7. The van der Waals surface area contributed by atoms with Crippen molar-refractivity contribution in [2.24, 2.45) is 17.4 Å². The van der Waals surface area contributed by atoms with Crippen LogP contribution in [0.25, 0.3) is 0 Å². The smallest absolute Gasteiger partial charge is 0.267 e. The Bertz CT molecular complexity index is 953. The zero-order valence-electron chi connectivity index (χ0n) is 18.3. The number of amidine groups is 2. The van der Waals surface area contributed by atoms with Gasteiger partial charge in [0.1, 0.15) is 17.3 Å². The van der Waals surface area contributed by atoms with Gasteiger partial charge in [-0.2, -0.15) is 8.42 Å². The Morgan fingerprint density at radius 1 is 0.909 bits per heavy atom. The van der Waals surface area contributed by atoms with Gasteiger partial charge in [0, 0.05) is 11.5 Å². The molecule has 0 aliphatic rings. The van der Waals surface area contributed by atoms with Crippen molar-refractivity contribution in [1.29, 1.82) is 10.8 Å². The van der Waals surface area contributed by atoms with E-state index in [-0.39, 0.29) is 17.6 Å². The summed E-state index contributed by atoms with van der Waals surface area (Å²) in [5.41, 5.74) is 11.8. The minimum atomic E-state index is -3.92. The molecule has 0 fully saturated rings. The van der Waals surface area contributed by atoms with E-state index in [4.69, 9.17) is 41.4 Å². The van der Waals surface area contributed by atoms with Crippen molar-refractivity contribution in [1.82, 2.24) is 0 Å². The predicted octanol–water partition coefficient (Wildman–Crippen LogP) is 2.02. The number of aliphatic hydroxyl groups excluding tert-OH is 1. The normalized spacial score (nSPS) is 11.6. The lowest BCUT2D eigenvalue weighted by Gasteiger charge is -2.16. The molecule has 0 aromatic heterocycles. The van der Waals surface area contributed by atoms with Crippen LogP contribution in [0.5, 0.6) is 11.5 Å². The molecule has 2 aromatic rings. The number of aliphatic hydroxyl groups is 1. The lowest BCUT2D eigenvalue weighted by atomic mass is 9.99. The van der Waals surface area contributed by atoms with E-state index in [2.05, 4.69) is 0 Å². The van der Waals surface area contributed by atoms with Crippen LogP contribution in [0.1, 0.15) is 24.8 Å². The predicted molar refractivity (Wildman–Crippen MR) is 128 cm³/mol. The van der Waals surface area contributed by atoms with E-state index in [1.807, 2.05) is 30.3 Å². The third-order valence-corrected chi connectivity index (χ3v) is 5.10. The number of ether oxygens (including phenoxy) is 2. The number of hydrogen-bond acceptors (Lipinski definition) is 7.